The van der Waals surface area contributed by atoms with Crippen LogP contribution in [0.1, 0.15) is 32.1 Å². The molecule has 0 bridgehead atoms. The molecule has 0 heterocycles. The van der Waals surface area contributed by atoms with Gasteiger partial charge in [-0.1, -0.05) is 54.8 Å². The SMILES string of the molecule is C(#CC1CCCCC1)[SiH2]c1ccccc1. The van der Waals surface area contributed by atoms with E-state index in [4.69, 9.17) is 0 Å². The van der Waals surface area contributed by atoms with Crippen molar-refractivity contribution in [3.8, 4) is 11.5 Å². The Labute approximate surface area is 94.9 Å². The molecule has 1 aromatic carbocycles. The van der Waals surface area contributed by atoms with E-state index in [0.717, 1.165) is 5.92 Å². The Morgan fingerprint density at radius 2 is 1.73 bits per heavy atom. The smallest absolute Gasteiger partial charge is 0.134 e. The lowest BCUT2D eigenvalue weighted by atomic mass is 9.90. The molecule has 1 saturated carbocycles. The highest BCUT2D eigenvalue weighted by molar-refractivity contribution is 6.61. The third-order valence-corrected chi connectivity index (χ3v) is 4.31. The van der Waals surface area contributed by atoms with Crippen LogP contribution < -0.4 is 5.19 Å². The minimum atomic E-state index is -0.318. The summed E-state index contributed by atoms with van der Waals surface area (Å²) < 4.78 is 0. The van der Waals surface area contributed by atoms with E-state index < -0.39 is 0 Å². The molecule has 1 aliphatic rings. The predicted molar refractivity (Wildman–Crippen MR) is 69.0 cm³/mol. The largest absolute Gasteiger partial charge is 0.137 e. The molecular formula is C14H18Si. The second kappa shape index (κ2) is 5.78. The lowest BCUT2D eigenvalue weighted by molar-refractivity contribution is 0.430. The van der Waals surface area contributed by atoms with Gasteiger partial charge in [-0.3, -0.25) is 0 Å². The van der Waals surface area contributed by atoms with Crippen LogP contribution in [0.25, 0.3) is 0 Å². The molecule has 0 atom stereocenters. The first kappa shape index (κ1) is 10.5. The van der Waals surface area contributed by atoms with Crippen LogP contribution in [0.4, 0.5) is 0 Å². The highest BCUT2D eigenvalue weighted by Gasteiger charge is 2.09. The van der Waals surface area contributed by atoms with Gasteiger partial charge in [-0.25, -0.2) is 0 Å². The van der Waals surface area contributed by atoms with Gasteiger partial charge in [-0.2, -0.15) is 0 Å². The normalized spacial score (nSPS) is 17.6. The number of hydrogen-bond acceptors (Lipinski definition) is 0. The van der Waals surface area contributed by atoms with Gasteiger partial charge in [0.15, 0.2) is 0 Å². The van der Waals surface area contributed by atoms with E-state index in [2.05, 4.69) is 41.8 Å². The highest BCUT2D eigenvalue weighted by Crippen LogP contribution is 2.22. The maximum Gasteiger partial charge on any atom is 0.137 e. The summed E-state index contributed by atoms with van der Waals surface area (Å²) in [5.74, 6) is 4.20. The third-order valence-electron chi connectivity index (χ3n) is 3.05. The molecule has 15 heavy (non-hydrogen) atoms. The Bertz CT molecular complexity index is 339. The van der Waals surface area contributed by atoms with Gasteiger partial charge >= 0.3 is 0 Å². The van der Waals surface area contributed by atoms with E-state index >= 15 is 0 Å². The van der Waals surface area contributed by atoms with Crippen molar-refractivity contribution in [2.75, 3.05) is 0 Å². The van der Waals surface area contributed by atoms with Crippen LogP contribution in [0.5, 0.6) is 0 Å². The standard InChI is InChI=1S/C14H18Si/c1-3-7-13(8-4-1)11-12-15-14-9-5-2-6-10-14/h2,5-6,9-10,13H,1,3-4,7-8,15H2. The molecule has 0 aromatic heterocycles. The zero-order chi connectivity index (χ0) is 10.3. The summed E-state index contributed by atoms with van der Waals surface area (Å²) in [6, 6.07) is 10.7. The molecule has 0 aliphatic heterocycles. The summed E-state index contributed by atoms with van der Waals surface area (Å²) in [6.45, 7) is 0. The van der Waals surface area contributed by atoms with Crippen molar-refractivity contribution in [2.45, 2.75) is 32.1 Å². The highest BCUT2D eigenvalue weighted by atomic mass is 28.2. The molecule has 0 radical (unpaired) electrons. The Kier molecular flexibility index (Phi) is 4.05. The summed E-state index contributed by atoms with van der Waals surface area (Å²) in [6.07, 6.45) is 6.90. The van der Waals surface area contributed by atoms with E-state index in [1.54, 1.807) is 0 Å². The Morgan fingerprint density at radius 3 is 2.47 bits per heavy atom. The van der Waals surface area contributed by atoms with Gasteiger partial charge in [0.25, 0.3) is 0 Å². The fraction of sp³-hybridized carbons (Fsp3) is 0.429. The van der Waals surface area contributed by atoms with Crippen LogP contribution in [0.3, 0.4) is 0 Å². The van der Waals surface area contributed by atoms with Crippen molar-refractivity contribution in [1.29, 1.82) is 0 Å². The Morgan fingerprint density at radius 1 is 1.00 bits per heavy atom. The van der Waals surface area contributed by atoms with Crippen molar-refractivity contribution in [3.05, 3.63) is 30.3 Å². The van der Waals surface area contributed by atoms with Crippen molar-refractivity contribution < 1.29 is 0 Å². The average molecular weight is 214 g/mol. The van der Waals surface area contributed by atoms with Crippen molar-refractivity contribution in [1.82, 2.24) is 0 Å². The van der Waals surface area contributed by atoms with Gasteiger partial charge in [0.1, 0.15) is 9.52 Å². The molecule has 1 aliphatic carbocycles. The number of benzene rings is 1. The molecule has 78 valence electrons. The van der Waals surface area contributed by atoms with E-state index in [1.165, 1.54) is 37.3 Å². The third kappa shape index (κ3) is 3.57. The second-order valence-electron chi connectivity index (χ2n) is 4.32. The predicted octanol–water partition coefficient (Wildman–Crippen LogP) is 2.02. The lowest BCUT2D eigenvalue weighted by Gasteiger charge is -2.15. The lowest BCUT2D eigenvalue weighted by Crippen LogP contribution is -2.11. The first-order chi connectivity index (χ1) is 7.45. The second-order valence-corrected chi connectivity index (χ2v) is 5.84. The maximum absolute atomic E-state index is 3.48. The van der Waals surface area contributed by atoms with Crippen molar-refractivity contribution in [3.63, 3.8) is 0 Å². The minimum absolute atomic E-state index is 0.318. The molecular weight excluding hydrogens is 196 g/mol. The Hall–Kier alpha value is -1.00. The van der Waals surface area contributed by atoms with Gasteiger partial charge < -0.3 is 0 Å². The van der Waals surface area contributed by atoms with Crippen LogP contribution in [0.2, 0.25) is 0 Å². The summed E-state index contributed by atoms with van der Waals surface area (Å²) >= 11 is 0. The van der Waals surface area contributed by atoms with Crippen LogP contribution in [0.15, 0.2) is 30.3 Å². The van der Waals surface area contributed by atoms with E-state index in [0.29, 0.717) is 0 Å². The van der Waals surface area contributed by atoms with E-state index in [1.807, 2.05) is 0 Å². The van der Waals surface area contributed by atoms with Crippen molar-refractivity contribution >= 4 is 14.7 Å². The van der Waals surface area contributed by atoms with Gasteiger partial charge in [-0.05, 0) is 12.8 Å². The monoisotopic (exact) mass is 214 g/mol. The molecule has 0 unspecified atom stereocenters. The zero-order valence-electron chi connectivity index (χ0n) is 9.21. The number of hydrogen-bond donors (Lipinski definition) is 0. The summed E-state index contributed by atoms with van der Waals surface area (Å²) in [5, 5.41) is 1.47. The Balaban J connectivity index is 1.84. The molecule has 1 heteroatoms. The summed E-state index contributed by atoms with van der Waals surface area (Å²) in [4.78, 5) is 0. The van der Waals surface area contributed by atoms with Gasteiger partial charge in [0, 0.05) is 5.92 Å². The summed E-state index contributed by atoms with van der Waals surface area (Å²) in [5.41, 5.74) is 3.46. The molecule has 2 rings (SSSR count). The average Bonchev–Trinajstić information content (AvgIpc) is 2.32. The summed E-state index contributed by atoms with van der Waals surface area (Å²) in [7, 11) is -0.318. The molecule has 0 spiro atoms. The maximum atomic E-state index is 3.48. The van der Waals surface area contributed by atoms with Gasteiger partial charge in [0.05, 0.1) is 0 Å². The van der Waals surface area contributed by atoms with Crippen LogP contribution in [0, 0.1) is 17.4 Å². The first-order valence-electron chi connectivity index (χ1n) is 5.97. The van der Waals surface area contributed by atoms with Crippen LogP contribution >= 0.6 is 0 Å². The van der Waals surface area contributed by atoms with E-state index in [-0.39, 0.29) is 9.52 Å². The molecule has 1 fully saturated rings. The van der Waals surface area contributed by atoms with Gasteiger partial charge in [0.2, 0.25) is 0 Å². The van der Waals surface area contributed by atoms with Gasteiger partial charge in [-0.15, -0.1) is 11.5 Å². The van der Waals surface area contributed by atoms with Crippen LogP contribution in [-0.4, -0.2) is 9.52 Å². The topological polar surface area (TPSA) is 0 Å². The quantitative estimate of drug-likeness (QED) is 0.496. The molecule has 0 amide bonds. The van der Waals surface area contributed by atoms with Crippen LogP contribution in [-0.2, 0) is 0 Å². The number of rotatable bonds is 1. The fourth-order valence-corrected chi connectivity index (χ4v) is 3.24. The molecule has 0 N–H and O–H groups in total. The molecule has 1 aromatic rings. The van der Waals surface area contributed by atoms with E-state index in [9.17, 15) is 0 Å². The molecule has 0 saturated heterocycles. The molecule has 0 nitrogen and oxygen atoms in total. The fourth-order valence-electron chi connectivity index (χ4n) is 2.14. The zero-order valence-corrected chi connectivity index (χ0v) is 10.6. The van der Waals surface area contributed by atoms with Crippen molar-refractivity contribution in [2.24, 2.45) is 5.92 Å². The minimum Gasteiger partial charge on any atom is -0.134 e. The first-order valence-corrected chi connectivity index (χ1v) is 7.39.